The largest absolute Gasteiger partial charge is 0.486 e. The Morgan fingerprint density at radius 2 is 0.980 bits per heavy atom. The summed E-state index contributed by atoms with van der Waals surface area (Å²) in [4.78, 5) is 22.1. The minimum Gasteiger partial charge on any atom is -0.486 e. The molecule has 0 radical (unpaired) electrons. The van der Waals surface area contributed by atoms with Gasteiger partial charge in [-0.05, 0) is 49.2 Å². The smallest absolute Gasteiger partial charge is 0.416 e. The molecule has 0 fully saturated rings. The second kappa shape index (κ2) is 14.3. The van der Waals surface area contributed by atoms with Crippen LogP contribution in [-0.4, -0.2) is 23.1 Å². The number of alkyl halides is 6. The lowest BCUT2D eigenvalue weighted by Crippen LogP contribution is -2.08. The average molecular weight is 701 g/mol. The number of halogens is 8. The summed E-state index contributed by atoms with van der Waals surface area (Å²) in [6, 6.07) is 6.31. The molecule has 260 valence electrons. The molecular weight excluding hydrogens is 676 g/mol. The summed E-state index contributed by atoms with van der Waals surface area (Å²) < 4.78 is 128. The first-order valence-electron chi connectivity index (χ1n) is 14.3. The monoisotopic (exact) mass is 700 g/mol. The van der Waals surface area contributed by atoms with Crippen LogP contribution >= 0.6 is 0 Å². The number of nitrogens with zero attached hydrogens (tertiary/aromatic N) is 2. The van der Waals surface area contributed by atoms with Crippen LogP contribution < -0.4 is 14.2 Å². The third kappa shape index (κ3) is 7.81. The normalized spacial score (nSPS) is 11.7. The van der Waals surface area contributed by atoms with Gasteiger partial charge in [0.1, 0.15) is 23.1 Å². The minimum absolute atomic E-state index is 0.146. The summed E-state index contributed by atoms with van der Waals surface area (Å²) in [5.41, 5.74) is -6.64. The van der Waals surface area contributed by atoms with Gasteiger partial charge in [0.15, 0.2) is 0 Å². The molecule has 0 N–H and O–H groups in total. The molecule has 0 spiro atoms. The molecule has 0 saturated carbocycles. The highest BCUT2D eigenvalue weighted by Crippen LogP contribution is 2.51. The van der Waals surface area contributed by atoms with Crippen LogP contribution in [0.2, 0.25) is 0 Å². The maximum atomic E-state index is 15.5. The van der Waals surface area contributed by atoms with Gasteiger partial charge in [-0.3, -0.25) is 20.2 Å². The van der Waals surface area contributed by atoms with Crippen LogP contribution in [0.4, 0.5) is 46.5 Å². The zero-order valence-electron chi connectivity index (χ0n) is 25.4. The first-order valence-corrected chi connectivity index (χ1v) is 14.3. The third-order valence-corrected chi connectivity index (χ3v) is 6.84. The Balaban J connectivity index is 2.07. The summed E-state index contributed by atoms with van der Waals surface area (Å²) in [5, 5.41) is 23.9. The van der Waals surface area contributed by atoms with Crippen LogP contribution in [0.1, 0.15) is 37.8 Å². The summed E-state index contributed by atoms with van der Waals surface area (Å²) in [7, 11) is 0. The van der Waals surface area contributed by atoms with E-state index in [0.717, 1.165) is 24.3 Å². The second-order valence-electron chi connectivity index (χ2n) is 10.3. The van der Waals surface area contributed by atoms with E-state index in [-0.39, 0.29) is 38.2 Å². The number of benzene rings is 4. The molecule has 17 heteroatoms. The lowest BCUT2D eigenvalue weighted by atomic mass is 9.98. The molecule has 0 aliphatic rings. The molecule has 4 aromatic carbocycles. The van der Waals surface area contributed by atoms with E-state index in [1.54, 1.807) is 13.8 Å². The molecule has 0 atom stereocenters. The van der Waals surface area contributed by atoms with E-state index in [1.165, 1.54) is 0 Å². The van der Waals surface area contributed by atoms with Crippen LogP contribution in [0.5, 0.6) is 23.0 Å². The van der Waals surface area contributed by atoms with Gasteiger partial charge in [-0.2, -0.15) is 26.3 Å². The minimum atomic E-state index is -4.96. The molecule has 4 aromatic rings. The summed E-state index contributed by atoms with van der Waals surface area (Å²) in [5.74, 6) is -5.25. The Bertz CT molecular complexity index is 1760. The highest BCUT2D eigenvalue weighted by Gasteiger charge is 2.35. The SMILES string of the molecule is CCCOc1c([N+](=O)[O-])ccc(Oc2ccc([N+](=O)[O-])c(OCCC)c2-c2ccc(C(F)(F)F)cc2F)c1-c1ccc(C(F)(F)F)cc1F. The van der Waals surface area contributed by atoms with Gasteiger partial charge in [-0.25, -0.2) is 8.78 Å². The van der Waals surface area contributed by atoms with Crippen LogP contribution in [0.3, 0.4) is 0 Å². The number of nitro benzene ring substituents is 2. The fraction of sp³-hybridized carbons (Fsp3) is 0.250. The average Bonchev–Trinajstić information content (AvgIpc) is 3.01. The van der Waals surface area contributed by atoms with Crippen molar-refractivity contribution in [1.82, 2.24) is 0 Å². The van der Waals surface area contributed by atoms with Crippen molar-refractivity contribution < 1.29 is 59.2 Å². The zero-order chi connectivity index (χ0) is 36.3. The number of hydrogen-bond donors (Lipinski definition) is 0. The van der Waals surface area contributed by atoms with Crippen molar-refractivity contribution in [2.24, 2.45) is 0 Å². The molecule has 0 aliphatic heterocycles. The fourth-order valence-electron chi connectivity index (χ4n) is 4.68. The molecule has 4 rings (SSSR count). The van der Waals surface area contributed by atoms with Crippen LogP contribution in [0.15, 0.2) is 60.7 Å². The third-order valence-electron chi connectivity index (χ3n) is 6.84. The molecule has 49 heavy (non-hydrogen) atoms. The van der Waals surface area contributed by atoms with Gasteiger partial charge < -0.3 is 14.2 Å². The summed E-state index contributed by atoms with van der Waals surface area (Å²) in [6.45, 7) is 2.89. The standard InChI is InChI=1S/C32H24F8N2O7/c1-3-13-47-29-23(41(43)44)9-11-25(27(29)19-7-5-17(15-21(19)33)31(35,36)37)49-26-12-10-24(42(45)46)30(48-14-4-2)28(26)20-8-6-18(16-22(20)34)32(38,39)40/h5-12,15-16H,3-4,13-14H2,1-2H3. The highest BCUT2D eigenvalue weighted by molar-refractivity contribution is 5.85. The first-order chi connectivity index (χ1) is 23.0. The highest BCUT2D eigenvalue weighted by atomic mass is 19.4. The molecule has 0 amide bonds. The number of hydrogen-bond acceptors (Lipinski definition) is 7. The Labute approximate surface area is 271 Å². The quantitative estimate of drug-likeness (QED) is 0.0821. The van der Waals surface area contributed by atoms with E-state index in [2.05, 4.69) is 0 Å². The Morgan fingerprint density at radius 1 is 0.612 bits per heavy atom. The molecule has 0 aliphatic carbocycles. The fourth-order valence-corrected chi connectivity index (χ4v) is 4.68. The molecule has 0 bridgehead atoms. The van der Waals surface area contributed by atoms with Crippen molar-refractivity contribution >= 4 is 11.4 Å². The van der Waals surface area contributed by atoms with E-state index in [4.69, 9.17) is 14.2 Å². The van der Waals surface area contributed by atoms with Crippen molar-refractivity contribution in [2.45, 2.75) is 39.0 Å². The lowest BCUT2D eigenvalue weighted by molar-refractivity contribution is -0.385. The predicted molar refractivity (Wildman–Crippen MR) is 159 cm³/mol. The number of nitro groups is 2. The topological polar surface area (TPSA) is 114 Å². The van der Waals surface area contributed by atoms with Crippen molar-refractivity contribution in [2.75, 3.05) is 13.2 Å². The zero-order valence-corrected chi connectivity index (χ0v) is 25.4. The van der Waals surface area contributed by atoms with Gasteiger partial charge in [0.05, 0.1) is 45.3 Å². The van der Waals surface area contributed by atoms with Crippen LogP contribution in [0.25, 0.3) is 22.3 Å². The van der Waals surface area contributed by atoms with Crippen molar-refractivity contribution in [3.8, 4) is 45.3 Å². The van der Waals surface area contributed by atoms with Crippen LogP contribution in [-0.2, 0) is 12.4 Å². The van der Waals surface area contributed by atoms with Gasteiger partial charge in [0, 0.05) is 23.3 Å². The molecule has 0 saturated heterocycles. The first kappa shape index (κ1) is 36.4. The summed E-state index contributed by atoms with van der Waals surface area (Å²) >= 11 is 0. The van der Waals surface area contributed by atoms with Gasteiger partial charge in [0.2, 0.25) is 11.5 Å². The molecule has 0 heterocycles. The van der Waals surface area contributed by atoms with E-state index in [0.29, 0.717) is 24.3 Å². The lowest BCUT2D eigenvalue weighted by Gasteiger charge is -2.20. The summed E-state index contributed by atoms with van der Waals surface area (Å²) in [6.07, 6.45) is -9.38. The Hall–Kier alpha value is -5.48. The van der Waals surface area contributed by atoms with E-state index in [9.17, 15) is 46.6 Å². The second-order valence-corrected chi connectivity index (χ2v) is 10.3. The molecular formula is C32H24F8N2O7. The maximum Gasteiger partial charge on any atom is 0.416 e. The van der Waals surface area contributed by atoms with Gasteiger partial charge in [-0.15, -0.1) is 0 Å². The van der Waals surface area contributed by atoms with Gasteiger partial charge in [-0.1, -0.05) is 26.0 Å². The van der Waals surface area contributed by atoms with Crippen molar-refractivity contribution in [1.29, 1.82) is 0 Å². The van der Waals surface area contributed by atoms with Gasteiger partial charge >= 0.3 is 23.7 Å². The number of rotatable bonds is 12. The van der Waals surface area contributed by atoms with Gasteiger partial charge in [0.25, 0.3) is 0 Å². The van der Waals surface area contributed by atoms with Crippen LogP contribution in [0, 0.1) is 31.9 Å². The number of ether oxygens (including phenoxy) is 3. The molecule has 9 nitrogen and oxygen atoms in total. The predicted octanol–water partition coefficient (Wildman–Crippen LogP) is 10.5. The van der Waals surface area contributed by atoms with Crippen molar-refractivity contribution in [3.63, 3.8) is 0 Å². The Kier molecular flexibility index (Phi) is 10.6. The van der Waals surface area contributed by atoms with E-state index < -0.39 is 102 Å². The van der Waals surface area contributed by atoms with E-state index in [1.807, 2.05) is 0 Å². The molecule has 0 aromatic heterocycles. The Morgan fingerprint density at radius 3 is 1.27 bits per heavy atom. The van der Waals surface area contributed by atoms with E-state index >= 15 is 8.78 Å². The molecule has 0 unspecified atom stereocenters. The van der Waals surface area contributed by atoms with Crippen molar-refractivity contribution in [3.05, 3.63) is 104 Å². The maximum absolute atomic E-state index is 15.5.